The van der Waals surface area contributed by atoms with Crippen molar-refractivity contribution < 1.29 is 13.2 Å². The summed E-state index contributed by atoms with van der Waals surface area (Å²) in [5, 5.41) is 0. The topological polar surface area (TPSA) is 24.1 Å². The molecule has 0 radical (unpaired) electrons. The number of halogens is 3. The third-order valence-corrected chi connectivity index (χ3v) is 2.91. The normalized spacial score (nSPS) is 32.9. The zero-order valence-electron chi connectivity index (χ0n) is 7.91. The van der Waals surface area contributed by atoms with Crippen LogP contribution in [0, 0.1) is 11.8 Å². The molecule has 0 saturated carbocycles. The quantitative estimate of drug-likeness (QED) is 0.633. The molecule has 5 heteroatoms. The molecule has 0 aromatic heterocycles. The van der Waals surface area contributed by atoms with Gasteiger partial charge in [0.15, 0.2) is 0 Å². The van der Waals surface area contributed by atoms with E-state index < -0.39 is 12.1 Å². The number of hydrogen-bond acceptors (Lipinski definition) is 2. The number of hydrogen-bond donors (Lipinski definition) is 2. The zero-order chi connectivity index (χ0) is 10.3. The first-order valence-corrected chi connectivity index (χ1v) is 4.76. The third-order valence-electron chi connectivity index (χ3n) is 2.91. The highest BCUT2D eigenvalue weighted by Gasteiger charge is 2.46. The Morgan fingerprint density at radius 2 is 2.07 bits per heavy atom. The number of rotatable bonds is 0. The van der Waals surface area contributed by atoms with Crippen LogP contribution in [0.5, 0.6) is 0 Å². The summed E-state index contributed by atoms with van der Waals surface area (Å²) in [7, 11) is 0. The lowest BCUT2D eigenvalue weighted by molar-refractivity contribution is -0.169. The van der Waals surface area contributed by atoms with Crippen LogP contribution in [0.25, 0.3) is 0 Å². The van der Waals surface area contributed by atoms with Crippen molar-refractivity contribution in [1.82, 2.24) is 10.9 Å². The molecule has 2 N–H and O–H groups in total. The number of allylic oxidation sites excluding steroid dienone is 1. The van der Waals surface area contributed by atoms with Gasteiger partial charge in [0.2, 0.25) is 0 Å². The first-order chi connectivity index (χ1) is 6.48. The van der Waals surface area contributed by atoms with Crippen molar-refractivity contribution in [2.24, 2.45) is 11.8 Å². The molecule has 2 atom stereocenters. The minimum absolute atomic E-state index is 0.104. The van der Waals surface area contributed by atoms with Gasteiger partial charge in [0, 0.05) is 12.2 Å². The van der Waals surface area contributed by atoms with Crippen molar-refractivity contribution in [2.75, 3.05) is 6.54 Å². The second-order valence-corrected chi connectivity index (χ2v) is 4.12. The molecule has 0 aromatic rings. The van der Waals surface area contributed by atoms with Gasteiger partial charge in [-0.1, -0.05) is 6.92 Å². The Morgan fingerprint density at radius 3 is 2.71 bits per heavy atom. The van der Waals surface area contributed by atoms with E-state index in [1.54, 1.807) is 0 Å². The van der Waals surface area contributed by atoms with Gasteiger partial charge in [-0.05, 0) is 24.3 Å². The molecule has 1 aliphatic carbocycles. The lowest BCUT2D eigenvalue weighted by Gasteiger charge is -2.29. The Bertz CT molecular complexity index is 270. The average molecular weight is 206 g/mol. The highest BCUT2D eigenvalue weighted by Crippen LogP contribution is 2.43. The van der Waals surface area contributed by atoms with Crippen LogP contribution in [-0.2, 0) is 0 Å². The lowest BCUT2D eigenvalue weighted by atomic mass is 9.80. The highest BCUT2D eigenvalue weighted by atomic mass is 19.4. The smallest absolute Gasteiger partial charge is 0.325 e. The van der Waals surface area contributed by atoms with Crippen LogP contribution in [0.3, 0.4) is 0 Å². The maximum atomic E-state index is 12.7. The Morgan fingerprint density at radius 1 is 1.36 bits per heavy atom. The minimum atomic E-state index is -4.09. The van der Waals surface area contributed by atoms with Crippen LogP contribution in [0.2, 0.25) is 0 Å². The van der Waals surface area contributed by atoms with E-state index in [2.05, 4.69) is 10.9 Å². The van der Waals surface area contributed by atoms with Gasteiger partial charge >= 0.3 is 6.18 Å². The lowest BCUT2D eigenvalue weighted by Crippen LogP contribution is -2.31. The molecular formula is C9H13F3N2. The molecule has 2 unspecified atom stereocenters. The number of hydrazine groups is 1. The van der Waals surface area contributed by atoms with Crippen molar-refractivity contribution in [2.45, 2.75) is 25.9 Å². The average Bonchev–Trinajstić information content (AvgIpc) is 2.47. The van der Waals surface area contributed by atoms with Crippen LogP contribution in [0.1, 0.15) is 19.8 Å². The van der Waals surface area contributed by atoms with Gasteiger partial charge in [0.1, 0.15) is 0 Å². The Kier molecular flexibility index (Phi) is 2.21. The third kappa shape index (κ3) is 1.61. The maximum absolute atomic E-state index is 12.7. The summed E-state index contributed by atoms with van der Waals surface area (Å²) >= 11 is 0. The van der Waals surface area contributed by atoms with E-state index in [0.29, 0.717) is 12.1 Å². The van der Waals surface area contributed by atoms with Crippen LogP contribution >= 0.6 is 0 Å². The van der Waals surface area contributed by atoms with Crippen LogP contribution in [0.15, 0.2) is 11.3 Å². The largest absolute Gasteiger partial charge is 0.395 e. The number of nitrogens with one attached hydrogen (secondary N) is 2. The van der Waals surface area contributed by atoms with Crippen molar-refractivity contribution >= 4 is 0 Å². The molecule has 1 heterocycles. The molecule has 14 heavy (non-hydrogen) atoms. The maximum Gasteiger partial charge on any atom is 0.395 e. The van der Waals surface area contributed by atoms with E-state index in [9.17, 15) is 13.2 Å². The fourth-order valence-electron chi connectivity index (χ4n) is 2.26. The molecule has 0 bridgehead atoms. The van der Waals surface area contributed by atoms with Gasteiger partial charge in [-0.15, -0.1) is 0 Å². The van der Waals surface area contributed by atoms with Gasteiger partial charge in [-0.2, -0.15) is 13.2 Å². The molecule has 2 aliphatic rings. The molecule has 1 aliphatic heterocycles. The van der Waals surface area contributed by atoms with E-state index in [1.165, 1.54) is 0 Å². The molecule has 0 amide bonds. The molecule has 2 nitrogen and oxygen atoms in total. The van der Waals surface area contributed by atoms with Gasteiger partial charge < -0.3 is 5.43 Å². The first-order valence-electron chi connectivity index (χ1n) is 4.76. The molecule has 2 rings (SSSR count). The standard InChI is InChI=1S/C9H13F3N2/c1-5-2-7(9(10,11)12)6-4-13-14-8(6)3-5/h5,7,13-14H,2-4H2,1H3. The summed E-state index contributed by atoms with van der Waals surface area (Å²) in [6.07, 6.45) is -3.14. The predicted molar refractivity (Wildman–Crippen MR) is 46.1 cm³/mol. The summed E-state index contributed by atoms with van der Waals surface area (Å²) in [5.74, 6) is -1.14. The fourth-order valence-corrected chi connectivity index (χ4v) is 2.26. The molecular weight excluding hydrogens is 193 g/mol. The Hall–Kier alpha value is -0.710. The Labute approximate surface area is 80.5 Å². The monoisotopic (exact) mass is 206 g/mol. The summed E-state index contributed by atoms with van der Waals surface area (Å²) in [5.41, 5.74) is 6.85. The predicted octanol–water partition coefficient (Wildman–Crippen LogP) is 1.96. The van der Waals surface area contributed by atoms with Gasteiger partial charge in [0.25, 0.3) is 0 Å². The molecule has 80 valence electrons. The first kappa shape index (κ1) is 9.83. The molecule has 0 saturated heterocycles. The van der Waals surface area contributed by atoms with Crippen molar-refractivity contribution in [1.29, 1.82) is 0 Å². The van der Waals surface area contributed by atoms with Gasteiger partial charge in [0.05, 0.1) is 5.92 Å². The summed E-state index contributed by atoms with van der Waals surface area (Å²) < 4.78 is 38.0. The second kappa shape index (κ2) is 3.15. The minimum Gasteiger partial charge on any atom is -0.325 e. The van der Waals surface area contributed by atoms with E-state index in [4.69, 9.17) is 0 Å². The van der Waals surface area contributed by atoms with Crippen LogP contribution < -0.4 is 10.9 Å². The highest BCUT2D eigenvalue weighted by molar-refractivity contribution is 5.25. The van der Waals surface area contributed by atoms with E-state index in [1.807, 2.05) is 6.92 Å². The summed E-state index contributed by atoms with van der Waals surface area (Å²) in [6.45, 7) is 2.19. The second-order valence-electron chi connectivity index (χ2n) is 4.12. The molecule has 0 aromatic carbocycles. The summed E-state index contributed by atoms with van der Waals surface area (Å²) in [4.78, 5) is 0. The Balaban J connectivity index is 2.27. The summed E-state index contributed by atoms with van der Waals surface area (Å²) in [6, 6.07) is 0. The van der Waals surface area contributed by atoms with Gasteiger partial charge in [-0.25, -0.2) is 5.43 Å². The zero-order valence-corrected chi connectivity index (χ0v) is 7.91. The van der Waals surface area contributed by atoms with E-state index in [-0.39, 0.29) is 12.3 Å². The fraction of sp³-hybridized carbons (Fsp3) is 0.778. The molecule has 0 spiro atoms. The van der Waals surface area contributed by atoms with Crippen molar-refractivity contribution in [3.8, 4) is 0 Å². The van der Waals surface area contributed by atoms with Crippen LogP contribution in [-0.4, -0.2) is 12.7 Å². The van der Waals surface area contributed by atoms with E-state index >= 15 is 0 Å². The SMILES string of the molecule is CC1CC2=C(CNN2)C(C(F)(F)F)C1. The molecule has 0 fully saturated rings. The van der Waals surface area contributed by atoms with E-state index in [0.717, 1.165) is 12.1 Å². The van der Waals surface area contributed by atoms with Crippen molar-refractivity contribution in [3.05, 3.63) is 11.3 Å². The van der Waals surface area contributed by atoms with Gasteiger partial charge in [-0.3, -0.25) is 0 Å². The van der Waals surface area contributed by atoms with Crippen LogP contribution in [0.4, 0.5) is 13.2 Å². The number of alkyl halides is 3. The van der Waals surface area contributed by atoms with Crippen molar-refractivity contribution in [3.63, 3.8) is 0 Å².